The van der Waals surface area contributed by atoms with Crippen LogP contribution in [0.5, 0.6) is 0 Å². The van der Waals surface area contributed by atoms with Crippen LogP contribution in [0.3, 0.4) is 0 Å². The predicted octanol–water partition coefficient (Wildman–Crippen LogP) is 2.46. The highest BCUT2D eigenvalue weighted by Gasteiger charge is 2.29. The quantitative estimate of drug-likeness (QED) is 0.812. The van der Waals surface area contributed by atoms with Crippen LogP contribution < -0.4 is 5.73 Å². The normalized spacial score (nSPS) is 23.3. The number of nitrogens with two attached hydrogens (primary N) is 1. The Kier molecular flexibility index (Phi) is 2.08. The van der Waals surface area contributed by atoms with E-state index in [4.69, 9.17) is 11.0 Å². The van der Waals surface area contributed by atoms with Crippen molar-refractivity contribution >= 4 is 17.0 Å². The number of para-hydroxylation sites is 1. The molecule has 0 bridgehead atoms. The first-order valence-electron chi connectivity index (χ1n) is 5.87. The Morgan fingerprint density at radius 3 is 2.88 bits per heavy atom. The van der Waals surface area contributed by atoms with Gasteiger partial charge in [0.15, 0.2) is 0 Å². The van der Waals surface area contributed by atoms with Gasteiger partial charge in [-0.2, -0.15) is 5.26 Å². The lowest BCUT2D eigenvalue weighted by Gasteiger charge is -2.34. The van der Waals surface area contributed by atoms with Crippen LogP contribution >= 0.6 is 0 Å². The molecule has 4 nitrogen and oxygen atoms in total. The topological polar surface area (TPSA) is 67.6 Å². The zero-order valence-electron chi connectivity index (χ0n) is 9.72. The molecule has 1 aromatic carbocycles. The molecule has 2 N–H and O–H groups in total. The monoisotopic (exact) mass is 226 g/mol. The molecule has 1 aliphatic rings. The van der Waals surface area contributed by atoms with E-state index in [0.29, 0.717) is 17.6 Å². The van der Waals surface area contributed by atoms with Gasteiger partial charge in [0.2, 0.25) is 5.95 Å². The molecule has 1 aromatic heterocycles. The van der Waals surface area contributed by atoms with E-state index in [1.54, 1.807) is 6.07 Å². The van der Waals surface area contributed by atoms with Crippen molar-refractivity contribution in [3.63, 3.8) is 0 Å². The number of imidazole rings is 1. The predicted molar refractivity (Wildman–Crippen MR) is 66.3 cm³/mol. The molecule has 0 radical (unpaired) electrons. The van der Waals surface area contributed by atoms with E-state index in [-0.39, 0.29) is 0 Å². The molecule has 0 amide bonds. The summed E-state index contributed by atoms with van der Waals surface area (Å²) in [6.45, 7) is 2.24. The molecule has 0 spiro atoms. The number of nitrogens with zero attached hydrogens (tertiary/aromatic N) is 3. The molecule has 0 atom stereocenters. The highest BCUT2D eigenvalue weighted by molar-refractivity contribution is 5.84. The number of hydrogen-bond donors (Lipinski definition) is 1. The van der Waals surface area contributed by atoms with Gasteiger partial charge in [-0.15, -0.1) is 0 Å². The number of aromatic nitrogens is 2. The summed E-state index contributed by atoms with van der Waals surface area (Å²) >= 11 is 0. The number of rotatable bonds is 1. The molecular weight excluding hydrogens is 212 g/mol. The average molecular weight is 226 g/mol. The van der Waals surface area contributed by atoms with E-state index < -0.39 is 0 Å². The standard InChI is InChI=1S/C13H14N4/c1-8-5-10(6-8)17-11-4-2-3-9(7-14)12(11)16-13(17)15/h2-4,8,10H,5-6H2,1H3,(H2,15,16). The SMILES string of the molecule is CC1CC(n2c(N)nc3c(C#N)cccc32)C1. The summed E-state index contributed by atoms with van der Waals surface area (Å²) in [7, 11) is 0. The van der Waals surface area contributed by atoms with Crippen LogP contribution in [0, 0.1) is 17.2 Å². The van der Waals surface area contributed by atoms with Crippen molar-refractivity contribution < 1.29 is 0 Å². The number of hydrogen-bond acceptors (Lipinski definition) is 3. The highest BCUT2D eigenvalue weighted by Crippen LogP contribution is 2.40. The summed E-state index contributed by atoms with van der Waals surface area (Å²) in [5, 5.41) is 9.05. The largest absolute Gasteiger partial charge is 0.369 e. The third kappa shape index (κ3) is 1.39. The first kappa shape index (κ1) is 10.2. The van der Waals surface area contributed by atoms with E-state index >= 15 is 0 Å². The van der Waals surface area contributed by atoms with Gasteiger partial charge in [0.25, 0.3) is 0 Å². The maximum Gasteiger partial charge on any atom is 0.201 e. The van der Waals surface area contributed by atoms with Crippen LogP contribution in [0.25, 0.3) is 11.0 Å². The van der Waals surface area contributed by atoms with Crippen molar-refractivity contribution in [2.24, 2.45) is 5.92 Å². The fourth-order valence-electron chi connectivity index (χ4n) is 2.68. The molecule has 2 aromatic rings. The van der Waals surface area contributed by atoms with E-state index in [1.165, 1.54) is 0 Å². The van der Waals surface area contributed by atoms with Crippen LogP contribution in [0.1, 0.15) is 31.4 Å². The zero-order chi connectivity index (χ0) is 12.0. The van der Waals surface area contributed by atoms with Crippen molar-refractivity contribution in [2.45, 2.75) is 25.8 Å². The average Bonchev–Trinajstić information content (AvgIpc) is 2.60. The summed E-state index contributed by atoms with van der Waals surface area (Å²) in [6.07, 6.45) is 2.29. The summed E-state index contributed by atoms with van der Waals surface area (Å²) in [5.41, 5.74) is 8.29. The second kappa shape index (κ2) is 3.49. The van der Waals surface area contributed by atoms with Gasteiger partial charge in [-0.25, -0.2) is 4.98 Å². The van der Waals surface area contributed by atoms with Crippen molar-refractivity contribution in [2.75, 3.05) is 5.73 Å². The van der Waals surface area contributed by atoms with Gasteiger partial charge in [0, 0.05) is 6.04 Å². The fourth-order valence-corrected chi connectivity index (χ4v) is 2.68. The second-order valence-corrected chi connectivity index (χ2v) is 4.86. The van der Waals surface area contributed by atoms with Crippen molar-refractivity contribution in [3.8, 4) is 6.07 Å². The number of fused-ring (bicyclic) bond motifs is 1. The van der Waals surface area contributed by atoms with Crippen molar-refractivity contribution in [1.82, 2.24) is 9.55 Å². The van der Waals surface area contributed by atoms with Gasteiger partial charge in [-0.05, 0) is 30.9 Å². The molecule has 0 unspecified atom stereocenters. The molecule has 17 heavy (non-hydrogen) atoms. The van der Waals surface area contributed by atoms with Gasteiger partial charge in [-0.1, -0.05) is 13.0 Å². The summed E-state index contributed by atoms with van der Waals surface area (Å²) in [5.74, 6) is 1.29. The van der Waals surface area contributed by atoms with Crippen LogP contribution in [0.4, 0.5) is 5.95 Å². The van der Waals surface area contributed by atoms with E-state index in [9.17, 15) is 0 Å². The minimum absolute atomic E-state index is 0.448. The Bertz CT molecular complexity index is 614. The molecular formula is C13H14N4. The van der Waals surface area contributed by atoms with Crippen LogP contribution in [0.2, 0.25) is 0 Å². The van der Waals surface area contributed by atoms with Gasteiger partial charge in [0.05, 0.1) is 11.1 Å². The summed E-state index contributed by atoms with van der Waals surface area (Å²) in [4.78, 5) is 4.33. The lowest BCUT2D eigenvalue weighted by molar-refractivity contribution is 0.223. The van der Waals surface area contributed by atoms with E-state index in [2.05, 4.69) is 22.5 Å². The molecule has 1 heterocycles. The minimum Gasteiger partial charge on any atom is -0.369 e. The van der Waals surface area contributed by atoms with Crippen LogP contribution in [0.15, 0.2) is 18.2 Å². The minimum atomic E-state index is 0.448. The molecule has 1 saturated carbocycles. The molecule has 3 rings (SSSR count). The number of nitrogen functional groups attached to an aromatic ring is 1. The zero-order valence-corrected chi connectivity index (χ0v) is 9.72. The maximum atomic E-state index is 9.05. The first-order valence-corrected chi connectivity index (χ1v) is 5.87. The Balaban J connectivity index is 2.19. The molecule has 0 saturated heterocycles. The second-order valence-electron chi connectivity index (χ2n) is 4.86. The maximum absolute atomic E-state index is 9.05. The van der Waals surface area contributed by atoms with Gasteiger partial charge >= 0.3 is 0 Å². The molecule has 1 aliphatic carbocycles. The lowest BCUT2D eigenvalue weighted by atomic mass is 9.81. The Morgan fingerprint density at radius 2 is 2.24 bits per heavy atom. The van der Waals surface area contributed by atoms with Crippen LogP contribution in [-0.4, -0.2) is 9.55 Å². The summed E-state index contributed by atoms with van der Waals surface area (Å²) < 4.78 is 2.08. The Hall–Kier alpha value is -2.02. The molecule has 86 valence electrons. The molecule has 1 fully saturated rings. The van der Waals surface area contributed by atoms with Gasteiger partial charge < -0.3 is 10.3 Å². The van der Waals surface area contributed by atoms with Gasteiger partial charge in [0.1, 0.15) is 11.6 Å². The Labute approximate surface area is 99.7 Å². The third-order valence-corrected chi connectivity index (χ3v) is 3.58. The summed E-state index contributed by atoms with van der Waals surface area (Å²) in [6, 6.07) is 8.27. The van der Waals surface area contributed by atoms with Gasteiger partial charge in [-0.3, -0.25) is 0 Å². The fraction of sp³-hybridized carbons (Fsp3) is 0.385. The molecule has 0 aliphatic heterocycles. The number of benzene rings is 1. The lowest BCUT2D eigenvalue weighted by Crippen LogP contribution is -2.25. The third-order valence-electron chi connectivity index (χ3n) is 3.58. The van der Waals surface area contributed by atoms with E-state index in [0.717, 1.165) is 29.8 Å². The van der Waals surface area contributed by atoms with Crippen LogP contribution in [-0.2, 0) is 0 Å². The molecule has 4 heteroatoms. The number of nitriles is 1. The first-order chi connectivity index (χ1) is 8.20. The van der Waals surface area contributed by atoms with Crippen molar-refractivity contribution in [1.29, 1.82) is 5.26 Å². The highest BCUT2D eigenvalue weighted by atomic mass is 15.2. The van der Waals surface area contributed by atoms with E-state index in [1.807, 2.05) is 12.1 Å². The Morgan fingerprint density at radius 1 is 1.47 bits per heavy atom. The number of anilines is 1. The van der Waals surface area contributed by atoms with Crippen molar-refractivity contribution in [3.05, 3.63) is 23.8 Å². The smallest absolute Gasteiger partial charge is 0.201 e.